The van der Waals surface area contributed by atoms with Crippen molar-refractivity contribution >= 4 is 11.6 Å². The molecule has 2 nitrogen and oxygen atoms in total. The molecule has 0 aromatic carbocycles. The summed E-state index contributed by atoms with van der Waals surface area (Å²) in [7, 11) is 0. The zero-order valence-electron chi connectivity index (χ0n) is 7.42. The Morgan fingerprint density at radius 1 is 1.58 bits per heavy atom. The minimum atomic E-state index is 0.477. The second-order valence-corrected chi connectivity index (χ2v) is 4.08. The van der Waals surface area contributed by atoms with Crippen molar-refractivity contribution in [1.82, 2.24) is 9.78 Å². The van der Waals surface area contributed by atoms with Crippen molar-refractivity contribution in [2.75, 3.05) is 0 Å². The Morgan fingerprint density at radius 3 is 2.67 bits per heavy atom. The summed E-state index contributed by atoms with van der Waals surface area (Å²) in [5, 5.41) is 5.12. The van der Waals surface area contributed by atoms with Crippen LogP contribution in [-0.2, 0) is 0 Å². The van der Waals surface area contributed by atoms with Gasteiger partial charge in [-0.05, 0) is 18.8 Å². The Labute approximate surface area is 77.5 Å². The monoisotopic (exact) mass is 184 g/mol. The molecule has 66 valence electrons. The second-order valence-electron chi connectivity index (χ2n) is 3.72. The minimum Gasteiger partial charge on any atom is -0.251 e. The summed E-state index contributed by atoms with van der Waals surface area (Å²) >= 11 is 6.15. The van der Waals surface area contributed by atoms with Gasteiger partial charge in [-0.1, -0.05) is 25.4 Å². The fraction of sp³-hybridized carbons (Fsp3) is 0.667. The van der Waals surface area contributed by atoms with Gasteiger partial charge in [0, 0.05) is 5.56 Å². The van der Waals surface area contributed by atoms with Gasteiger partial charge in [0.05, 0.1) is 12.2 Å². The molecule has 1 saturated carbocycles. The summed E-state index contributed by atoms with van der Waals surface area (Å²) in [5.74, 6) is 0.477. The van der Waals surface area contributed by atoms with E-state index in [1.54, 1.807) is 0 Å². The van der Waals surface area contributed by atoms with Crippen LogP contribution in [0.25, 0.3) is 0 Å². The first-order chi connectivity index (χ1) is 5.70. The SMILES string of the molecule is CC(C)c1cnn(C2CC2)c1Cl. The fourth-order valence-corrected chi connectivity index (χ4v) is 1.77. The van der Waals surface area contributed by atoms with E-state index in [-0.39, 0.29) is 0 Å². The van der Waals surface area contributed by atoms with Gasteiger partial charge in [0.2, 0.25) is 0 Å². The van der Waals surface area contributed by atoms with Gasteiger partial charge in [-0.25, -0.2) is 0 Å². The first-order valence-corrected chi connectivity index (χ1v) is 4.81. The molecule has 12 heavy (non-hydrogen) atoms. The average Bonchev–Trinajstić information content (AvgIpc) is 2.75. The maximum absolute atomic E-state index is 6.15. The zero-order valence-corrected chi connectivity index (χ0v) is 8.17. The highest BCUT2D eigenvalue weighted by Crippen LogP contribution is 2.38. The molecule has 0 aliphatic heterocycles. The van der Waals surface area contributed by atoms with Crippen molar-refractivity contribution in [1.29, 1.82) is 0 Å². The number of hydrogen-bond acceptors (Lipinski definition) is 1. The standard InChI is InChI=1S/C9H13ClN2/c1-6(2)8-5-11-12(9(8)10)7-3-4-7/h5-7H,3-4H2,1-2H3. The molecule has 1 aromatic rings. The van der Waals surface area contributed by atoms with E-state index in [2.05, 4.69) is 18.9 Å². The molecule has 0 saturated heterocycles. The Morgan fingerprint density at radius 2 is 2.25 bits per heavy atom. The van der Waals surface area contributed by atoms with Gasteiger partial charge < -0.3 is 0 Å². The van der Waals surface area contributed by atoms with Gasteiger partial charge >= 0.3 is 0 Å². The molecular weight excluding hydrogens is 172 g/mol. The van der Waals surface area contributed by atoms with Crippen LogP contribution in [0.1, 0.15) is 44.2 Å². The van der Waals surface area contributed by atoms with Crippen molar-refractivity contribution in [3.63, 3.8) is 0 Å². The number of nitrogens with zero attached hydrogens (tertiary/aromatic N) is 2. The fourth-order valence-electron chi connectivity index (χ4n) is 1.32. The number of halogens is 1. The molecule has 0 bridgehead atoms. The van der Waals surface area contributed by atoms with Crippen LogP contribution in [0.5, 0.6) is 0 Å². The Balaban J connectivity index is 2.33. The highest BCUT2D eigenvalue weighted by atomic mass is 35.5. The van der Waals surface area contributed by atoms with Crippen LogP contribution in [0, 0.1) is 0 Å². The van der Waals surface area contributed by atoms with E-state index in [1.807, 2.05) is 10.9 Å². The third-order valence-corrected chi connectivity index (χ3v) is 2.67. The lowest BCUT2D eigenvalue weighted by Gasteiger charge is -2.03. The number of rotatable bonds is 2. The molecule has 1 aliphatic carbocycles. The topological polar surface area (TPSA) is 17.8 Å². The van der Waals surface area contributed by atoms with E-state index in [0.29, 0.717) is 12.0 Å². The van der Waals surface area contributed by atoms with Gasteiger partial charge in [0.15, 0.2) is 0 Å². The molecule has 0 spiro atoms. The van der Waals surface area contributed by atoms with E-state index in [4.69, 9.17) is 11.6 Å². The third kappa shape index (κ3) is 1.24. The number of hydrogen-bond donors (Lipinski definition) is 0. The number of aromatic nitrogens is 2. The lowest BCUT2D eigenvalue weighted by atomic mass is 10.1. The van der Waals surface area contributed by atoms with Crippen molar-refractivity contribution in [2.24, 2.45) is 0 Å². The molecule has 1 aliphatic rings. The van der Waals surface area contributed by atoms with Crippen LogP contribution in [0.15, 0.2) is 6.20 Å². The van der Waals surface area contributed by atoms with Crippen molar-refractivity contribution < 1.29 is 0 Å². The van der Waals surface area contributed by atoms with Gasteiger partial charge in [0.25, 0.3) is 0 Å². The molecule has 2 rings (SSSR count). The lowest BCUT2D eigenvalue weighted by Crippen LogP contribution is -1.96. The van der Waals surface area contributed by atoms with Crippen LogP contribution in [-0.4, -0.2) is 9.78 Å². The van der Waals surface area contributed by atoms with Gasteiger partial charge in [-0.2, -0.15) is 5.10 Å². The Bertz CT molecular complexity index is 267. The Hall–Kier alpha value is -0.500. The van der Waals surface area contributed by atoms with E-state index in [1.165, 1.54) is 18.4 Å². The highest BCUT2D eigenvalue weighted by Gasteiger charge is 2.27. The quantitative estimate of drug-likeness (QED) is 0.691. The van der Waals surface area contributed by atoms with Crippen LogP contribution in [0.2, 0.25) is 5.15 Å². The molecule has 0 unspecified atom stereocenters. The molecule has 0 N–H and O–H groups in total. The summed E-state index contributed by atoms with van der Waals surface area (Å²) in [6, 6.07) is 0.588. The van der Waals surface area contributed by atoms with Crippen molar-refractivity contribution in [3.8, 4) is 0 Å². The summed E-state index contributed by atoms with van der Waals surface area (Å²) < 4.78 is 1.96. The third-order valence-electron chi connectivity index (χ3n) is 2.28. The lowest BCUT2D eigenvalue weighted by molar-refractivity contribution is 0.641. The van der Waals surface area contributed by atoms with Crippen molar-refractivity contribution in [2.45, 2.75) is 38.6 Å². The molecule has 1 heterocycles. The molecule has 1 fully saturated rings. The van der Waals surface area contributed by atoms with Crippen LogP contribution >= 0.6 is 11.6 Å². The summed E-state index contributed by atoms with van der Waals surface area (Å²) in [6.45, 7) is 4.28. The van der Waals surface area contributed by atoms with Crippen LogP contribution in [0.3, 0.4) is 0 Å². The molecule has 0 amide bonds. The summed E-state index contributed by atoms with van der Waals surface area (Å²) in [4.78, 5) is 0. The molecule has 0 atom stereocenters. The maximum atomic E-state index is 6.15. The second kappa shape index (κ2) is 2.77. The predicted molar refractivity (Wildman–Crippen MR) is 49.6 cm³/mol. The smallest absolute Gasteiger partial charge is 0.130 e. The maximum Gasteiger partial charge on any atom is 0.130 e. The summed E-state index contributed by atoms with van der Waals surface area (Å²) in [5.41, 5.74) is 1.17. The largest absolute Gasteiger partial charge is 0.251 e. The van der Waals surface area contributed by atoms with E-state index in [9.17, 15) is 0 Å². The first kappa shape index (κ1) is 8.11. The predicted octanol–water partition coefficient (Wildman–Crippen LogP) is 2.99. The minimum absolute atomic E-state index is 0.477. The molecular formula is C9H13ClN2. The molecule has 0 radical (unpaired) electrons. The van der Waals surface area contributed by atoms with Gasteiger partial charge in [0.1, 0.15) is 5.15 Å². The normalized spacial score (nSPS) is 17.3. The van der Waals surface area contributed by atoms with Crippen LogP contribution < -0.4 is 0 Å². The van der Waals surface area contributed by atoms with Gasteiger partial charge in [-0.15, -0.1) is 0 Å². The highest BCUT2D eigenvalue weighted by molar-refractivity contribution is 6.30. The van der Waals surface area contributed by atoms with E-state index < -0.39 is 0 Å². The molecule has 3 heteroatoms. The molecule has 1 aromatic heterocycles. The summed E-state index contributed by atoms with van der Waals surface area (Å²) in [6.07, 6.45) is 4.36. The van der Waals surface area contributed by atoms with Gasteiger partial charge in [-0.3, -0.25) is 4.68 Å². The average molecular weight is 185 g/mol. The first-order valence-electron chi connectivity index (χ1n) is 4.43. The van der Waals surface area contributed by atoms with Crippen molar-refractivity contribution in [3.05, 3.63) is 16.9 Å². The van der Waals surface area contributed by atoms with Crippen LogP contribution in [0.4, 0.5) is 0 Å². The van der Waals surface area contributed by atoms with E-state index >= 15 is 0 Å². The van der Waals surface area contributed by atoms with E-state index in [0.717, 1.165) is 5.15 Å². The Kier molecular flexibility index (Phi) is 1.87. The zero-order chi connectivity index (χ0) is 8.72.